The van der Waals surface area contributed by atoms with Crippen LogP contribution in [0.3, 0.4) is 0 Å². The summed E-state index contributed by atoms with van der Waals surface area (Å²) in [5, 5.41) is -0.0457. The van der Waals surface area contributed by atoms with Crippen molar-refractivity contribution >= 4 is 23.4 Å². The van der Waals surface area contributed by atoms with Gasteiger partial charge in [-0.1, -0.05) is 23.7 Å². The third-order valence-corrected chi connectivity index (χ3v) is 3.84. The molecule has 4 nitrogen and oxygen atoms in total. The van der Waals surface area contributed by atoms with Crippen LogP contribution in [0, 0.1) is 11.2 Å². The summed E-state index contributed by atoms with van der Waals surface area (Å²) in [6.45, 7) is 1.96. The maximum Gasteiger partial charge on any atom is 0.322 e. The molecule has 1 aromatic carbocycles. The fraction of sp³-hybridized carbons (Fsp3) is 0.467. The predicted molar refractivity (Wildman–Crippen MR) is 74.6 cm³/mol. The fourth-order valence-corrected chi connectivity index (χ4v) is 2.60. The van der Waals surface area contributed by atoms with Crippen LogP contribution >= 0.6 is 11.6 Å². The number of hydrogen-bond acceptors (Lipinski definition) is 4. The largest absolute Gasteiger partial charge is 0.465 e. The second-order valence-electron chi connectivity index (χ2n) is 4.92. The van der Waals surface area contributed by atoms with Crippen LogP contribution in [0.4, 0.5) is 4.39 Å². The molecular formula is C15H16ClFO4. The van der Waals surface area contributed by atoms with Gasteiger partial charge in [0.05, 0.1) is 24.8 Å². The Bertz CT molecular complexity index is 561. The van der Waals surface area contributed by atoms with Gasteiger partial charge in [0.25, 0.3) is 0 Å². The molecule has 6 heteroatoms. The number of ketones is 1. The summed E-state index contributed by atoms with van der Waals surface area (Å²) in [5.41, 5.74) is -1.28. The van der Waals surface area contributed by atoms with Crippen molar-refractivity contribution in [2.75, 3.05) is 19.8 Å². The summed E-state index contributed by atoms with van der Waals surface area (Å²) in [7, 11) is 0. The van der Waals surface area contributed by atoms with Gasteiger partial charge in [-0.15, -0.1) is 0 Å². The first-order valence-corrected chi connectivity index (χ1v) is 7.10. The Labute approximate surface area is 127 Å². The number of esters is 1. The average Bonchev–Trinajstić information content (AvgIpc) is 2.46. The van der Waals surface area contributed by atoms with Crippen molar-refractivity contribution in [3.63, 3.8) is 0 Å². The first-order chi connectivity index (χ1) is 10.0. The lowest BCUT2D eigenvalue weighted by Crippen LogP contribution is -2.49. The Hall–Kier alpha value is -1.46. The first-order valence-electron chi connectivity index (χ1n) is 6.72. The van der Waals surface area contributed by atoms with Crippen molar-refractivity contribution in [1.29, 1.82) is 0 Å². The van der Waals surface area contributed by atoms with E-state index < -0.39 is 17.2 Å². The Kier molecular flexibility index (Phi) is 4.96. The van der Waals surface area contributed by atoms with Crippen molar-refractivity contribution in [2.24, 2.45) is 5.41 Å². The minimum absolute atomic E-state index is 0.0457. The molecule has 1 saturated heterocycles. The lowest BCUT2D eigenvalue weighted by Gasteiger charge is -2.33. The van der Waals surface area contributed by atoms with Crippen molar-refractivity contribution in [2.45, 2.75) is 19.8 Å². The molecule has 2 rings (SSSR count). The zero-order valence-electron chi connectivity index (χ0n) is 11.7. The van der Waals surface area contributed by atoms with Gasteiger partial charge in [-0.25, -0.2) is 4.39 Å². The van der Waals surface area contributed by atoms with Crippen molar-refractivity contribution < 1.29 is 23.5 Å². The third kappa shape index (κ3) is 3.09. The van der Waals surface area contributed by atoms with E-state index in [2.05, 4.69) is 0 Å². The molecule has 1 unspecified atom stereocenters. The zero-order valence-corrected chi connectivity index (χ0v) is 12.4. The van der Waals surface area contributed by atoms with E-state index in [0.29, 0.717) is 0 Å². The van der Waals surface area contributed by atoms with E-state index in [0.717, 1.165) is 0 Å². The van der Waals surface area contributed by atoms with Crippen molar-refractivity contribution in [3.05, 3.63) is 34.6 Å². The number of benzene rings is 1. The van der Waals surface area contributed by atoms with E-state index in [4.69, 9.17) is 21.1 Å². The highest BCUT2D eigenvalue weighted by molar-refractivity contribution is 6.30. The Morgan fingerprint density at radius 3 is 2.95 bits per heavy atom. The second-order valence-corrected chi connectivity index (χ2v) is 5.33. The standard InChI is InChI=1S/C15H16ClFO4/c1-2-21-14(19)15(9-20-7-6-12(15)18)8-10-4-3-5-11(16)13(10)17/h3-5H,2,6-9H2,1H3. The monoisotopic (exact) mass is 314 g/mol. The normalized spacial score (nSPS) is 22.1. The topological polar surface area (TPSA) is 52.6 Å². The highest BCUT2D eigenvalue weighted by Gasteiger charge is 2.49. The van der Waals surface area contributed by atoms with Crippen LogP contribution in [-0.2, 0) is 25.5 Å². The Morgan fingerprint density at radius 2 is 2.29 bits per heavy atom. The maximum atomic E-state index is 14.1. The molecule has 1 heterocycles. The van der Waals surface area contributed by atoms with E-state index in [1.807, 2.05) is 0 Å². The molecule has 114 valence electrons. The molecule has 0 bridgehead atoms. The van der Waals surface area contributed by atoms with Gasteiger partial charge in [0.15, 0.2) is 11.2 Å². The average molecular weight is 315 g/mol. The molecule has 1 aromatic rings. The van der Waals surface area contributed by atoms with Crippen LogP contribution in [0.5, 0.6) is 0 Å². The van der Waals surface area contributed by atoms with E-state index in [9.17, 15) is 14.0 Å². The van der Waals surface area contributed by atoms with E-state index in [1.165, 1.54) is 12.1 Å². The summed E-state index contributed by atoms with van der Waals surface area (Å²) in [6, 6.07) is 4.49. The van der Waals surface area contributed by atoms with Gasteiger partial charge in [0, 0.05) is 12.8 Å². The molecule has 1 fully saturated rings. The molecule has 1 atom stereocenters. The van der Waals surface area contributed by atoms with Gasteiger partial charge in [-0.05, 0) is 18.6 Å². The number of ether oxygens (including phenoxy) is 2. The fourth-order valence-electron chi connectivity index (χ4n) is 2.40. The summed E-state index contributed by atoms with van der Waals surface area (Å²) >= 11 is 5.75. The van der Waals surface area contributed by atoms with Gasteiger partial charge in [-0.3, -0.25) is 9.59 Å². The van der Waals surface area contributed by atoms with Crippen molar-refractivity contribution in [1.82, 2.24) is 0 Å². The number of halogens is 2. The molecule has 21 heavy (non-hydrogen) atoms. The van der Waals surface area contributed by atoms with E-state index in [1.54, 1.807) is 13.0 Å². The lowest BCUT2D eigenvalue weighted by atomic mass is 9.76. The molecule has 0 amide bonds. The predicted octanol–water partition coefficient (Wildman–Crippen LogP) is 2.56. The Morgan fingerprint density at radius 1 is 1.52 bits per heavy atom. The molecule has 0 N–H and O–H groups in total. The second kappa shape index (κ2) is 6.54. The highest BCUT2D eigenvalue weighted by Crippen LogP contribution is 2.33. The third-order valence-electron chi connectivity index (χ3n) is 3.55. The van der Waals surface area contributed by atoms with Gasteiger partial charge in [-0.2, -0.15) is 0 Å². The lowest BCUT2D eigenvalue weighted by molar-refractivity contribution is -0.169. The Balaban J connectivity index is 2.38. The zero-order chi connectivity index (χ0) is 15.5. The molecule has 1 aliphatic heterocycles. The highest BCUT2D eigenvalue weighted by atomic mass is 35.5. The van der Waals surface area contributed by atoms with Crippen LogP contribution in [-0.4, -0.2) is 31.6 Å². The molecule has 0 saturated carbocycles. The summed E-state index contributed by atoms with van der Waals surface area (Å²) in [4.78, 5) is 24.5. The number of Topliss-reactive ketones (excluding diaryl/α,β-unsaturated/α-hetero) is 1. The molecule has 0 radical (unpaired) electrons. The van der Waals surface area contributed by atoms with Crippen LogP contribution in [0.25, 0.3) is 0 Å². The van der Waals surface area contributed by atoms with E-state index in [-0.39, 0.29) is 49.0 Å². The van der Waals surface area contributed by atoms with Gasteiger partial charge < -0.3 is 9.47 Å². The quantitative estimate of drug-likeness (QED) is 0.633. The number of carbonyl (C=O) groups excluding carboxylic acids is 2. The van der Waals surface area contributed by atoms with Gasteiger partial charge in [0.2, 0.25) is 0 Å². The first kappa shape index (κ1) is 15.9. The molecule has 0 aromatic heterocycles. The van der Waals surface area contributed by atoms with Crippen molar-refractivity contribution in [3.8, 4) is 0 Å². The summed E-state index contributed by atoms with van der Waals surface area (Å²) in [6.07, 6.45) is -0.00193. The SMILES string of the molecule is CCOC(=O)C1(Cc2cccc(Cl)c2F)COCCC1=O. The smallest absolute Gasteiger partial charge is 0.322 e. The number of hydrogen-bond donors (Lipinski definition) is 0. The number of carbonyl (C=O) groups is 2. The van der Waals surface area contributed by atoms with E-state index >= 15 is 0 Å². The van der Waals surface area contributed by atoms with Crippen LogP contribution in [0.1, 0.15) is 18.9 Å². The maximum absolute atomic E-state index is 14.1. The summed E-state index contributed by atoms with van der Waals surface area (Å²) < 4.78 is 24.4. The minimum atomic E-state index is -1.49. The molecule has 0 spiro atoms. The van der Waals surface area contributed by atoms with Crippen LogP contribution < -0.4 is 0 Å². The number of rotatable bonds is 4. The molecular weight excluding hydrogens is 299 g/mol. The van der Waals surface area contributed by atoms with Gasteiger partial charge in [0.1, 0.15) is 5.82 Å². The van der Waals surface area contributed by atoms with Gasteiger partial charge >= 0.3 is 5.97 Å². The minimum Gasteiger partial charge on any atom is -0.465 e. The van der Waals surface area contributed by atoms with Crippen LogP contribution in [0.15, 0.2) is 18.2 Å². The van der Waals surface area contributed by atoms with Crippen LogP contribution in [0.2, 0.25) is 5.02 Å². The molecule has 1 aliphatic rings. The molecule has 0 aliphatic carbocycles. The summed E-state index contributed by atoms with van der Waals surface area (Å²) in [5.74, 6) is -1.58.